The summed E-state index contributed by atoms with van der Waals surface area (Å²) < 4.78 is 0. The number of nitrogens with zero attached hydrogens (tertiary/aromatic N) is 1. The second-order valence-corrected chi connectivity index (χ2v) is 6.12. The molecule has 1 atom stereocenters. The van der Waals surface area contributed by atoms with Gasteiger partial charge >= 0.3 is 0 Å². The molecule has 3 N–H and O–H groups in total. The lowest BCUT2D eigenvalue weighted by molar-refractivity contribution is 0.303. The first-order chi connectivity index (χ1) is 10.3. The molecule has 21 heavy (non-hydrogen) atoms. The smallest absolute Gasteiger partial charge is 0.0571 e. The van der Waals surface area contributed by atoms with Gasteiger partial charge in [-0.1, -0.05) is 49.2 Å². The number of aromatic nitrogens is 1. The van der Waals surface area contributed by atoms with Crippen LogP contribution in [0.4, 0.5) is 0 Å². The van der Waals surface area contributed by atoms with Gasteiger partial charge in [-0.2, -0.15) is 0 Å². The van der Waals surface area contributed by atoms with E-state index in [-0.39, 0.29) is 11.5 Å². The first-order valence-electron chi connectivity index (χ1n) is 7.69. The number of pyridine rings is 1. The number of hydrazine groups is 1. The highest BCUT2D eigenvalue weighted by Crippen LogP contribution is 2.49. The summed E-state index contributed by atoms with van der Waals surface area (Å²) in [5, 5.41) is 0. The van der Waals surface area contributed by atoms with E-state index in [1.54, 1.807) is 0 Å². The minimum absolute atomic E-state index is 0.0749. The number of hydrogen-bond donors (Lipinski definition) is 2. The highest BCUT2D eigenvalue weighted by molar-refractivity contribution is 5.34. The fraction of sp³-hybridized carbons (Fsp3) is 0.389. The molecule has 0 bridgehead atoms. The lowest BCUT2D eigenvalue weighted by Crippen LogP contribution is -2.43. The average Bonchev–Trinajstić information content (AvgIpc) is 3.00. The van der Waals surface area contributed by atoms with Crippen molar-refractivity contribution >= 4 is 0 Å². The molecule has 0 saturated heterocycles. The third kappa shape index (κ3) is 2.59. The monoisotopic (exact) mass is 281 g/mol. The maximum Gasteiger partial charge on any atom is 0.0571 e. The summed E-state index contributed by atoms with van der Waals surface area (Å²) in [4.78, 5) is 4.35. The zero-order valence-corrected chi connectivity index (χ0v) is 12.5. The molecule has 2 aromatic rings. The molecule has 0 radical (unpaired) electrons. The van der Waals surface area contributed by atoms with Crippen molar-refractivity contribution in [3.05, 3.63) is 65.5 Å². The Kier molecular flexibility index (Phi) is 4.04. The van der Waals surface area contributed by atoms with Gasteiger partial charge in [0.25, 0.3) is 0 Å². The summed E-state index contributed by atoms with van der Waals surface area (Å²) in [7, 11) is 0. The van der Waals surface area contributed by atoms with Gasteiger partial charge in [0, 0.05) is 17.8 Å². The molecular formula is C18H23N3. The minimum Gasteiger partial charge on any atom is -0.271 e. The van der Waals surface area contributed by atoms with Gasteiger partial charge in [0.15, 0.2) is 0 Å². The predicted molar refractivity (Wildman–Crippen MR) is 85.6 cm³/mol. The van der Waals surface area contributed by atoms with Crippen molar-refractivity contribution in [3.63, 3.8) is 0 Å². The second kappa shape index (κ2) is 5.96. The van der Waals surface area contributed by atoms with Crippen molar-refractivity contribution in [3.8, 4) is 0 Å². The predicted octanol–water partition coefficient (Wildman–Crippen LogP) is 3.41. The van der Waals surface area contributed by atoms with Crippen molar-refractivity contribution in [1.29, 1.82) is 0 Å². The van der Waals surface area contributed by atoms with Gasteiger partial charge in [0.05, 0.1) is 6.04 Å². The fourth-order valence-corrected chi connectivity index (χ4v) is 3.83. The van der Waals surface area contributed by atoms with Gasteiger partial charge in [0.2, 0.25) is 0 Å². The summed E-state index contributed by atoms with van der Waals surface area (Å²) in [6, 6.07) is 13.1. The Balaban J connectivity index is 2.07. The lowest BCUT2D eigenvalue weighted by Gasteiger charge is -2.38. The van der Waals surface area contributed by atoms with Crippen molar-refractivity contribution in [2.24, 2.45) is 5.84 Å². The van der Waals surface area contributed by atoms with Crippen LogP contribution in [0.15, 0.2) is 48.8 Å². The van der Waals surface area contributed by atoms with E-state index >= 15 is 0 Å². The van der Waals surface area contributed by atoms with Gasteiger partial charge in [-0.05, 0) is 36.5 Å². The van der Waals surface area contributed by atoms with E-state index < -0.39 is 0 Å². The Hall–Kier alpha value is -1.71. The maximum absolute atomic E-state index is 5.98. The van der Waals surface area contributed by atoms with Gasteiger partial charge in [-0.3, -0.25) is 16.3 Å². The summed E-state index contributed by atoms with van der Waals surface area (Å²) in [5.41, 5.74) is 6.90. The van der Waals surface area contributed by atoms with Gasteiger partial charge in [-0.15, -0.1) is 0 Å². The average molecular weight is 281 g/mol. The zero-order valence-electron chi connectivity index (χ0n) is 12.5. The van der Waals surface area contributed by atoms with Crippen LogP contribution in [0.2, 0.25) is 0 Å². The SMILES string of the molecule is Cc1cncc(C(NN)C2(c3ccccc3)CCCC2)c1. The standard InChI is InChI=1S/C18H23N3/c1-14-11-15(13-20-12-14)17(21-19)18(9-5-6-10-18)16-7-3-2-4-8-16/h2-4,7-8,11-13,17,21H,5-6,9-10,19H2,1H3. The molecule has 0 aliphatic heterocycles. The van der Waals surface area contributed by atoms with Crippen LogP contribution in [0.25, 0.3) is 0 Å². The summed E-state index contributed by atoms with van der Waals surface area (Å²) in [6.07, 6.45) is 8.68. The van der Waals surface area contributed by atoms with E-state index in [2.05, 4.69) is 53.7 Å². The first kappa shape index (κ1) is 14.2. The molecule has 0 amide bonds. The Morgan fingerprint density at radius 2 is 1.86 bits per heavy atom. The van der Waals surface area contributed by atoms with Crippen LogP contribution >= 0.6 is 0 Å². The summed E-state index contributed by atoms with van der Waals surface area (Å²) in [6.45, 7) is 2.08. The molecule has 3 rings (SSSR count). The third-order valence-electron chi connectivity index (χ3n) is 4.79. The summed E-state index contributed by atoms with van der Waals surface area (Å²) in [5.74, 6) is 5.98. The molecule has 1 aromatic carbocycles. The highest BCUT2D eigenvalue weighted by atomic mass is 15.2. The van der Waals surface area contributed by atoms with Crippen LogP contribution in [-0.4, -0.2) is 4.98 Å². The quantitative estimate of drug-likeness (QED) is 0.667. The van der Waals surface area contributed by atoms with Gasteiger partial charge in [0.1, 0.15) is 0 Å². The third-order valence-corrected chi connectivity index (χ3v) is 4.79. The maximum atomic E-state index is 5.98. The van der Waals surface area contributed by atoms with Crippen LogP contribution < -0.4 is 11.3 Å². The van der Waals surface area contributed by atoms with Crippen molar-refractivity contribution in [2.75, 3.05) is 0 Å². The Morgan fingerprint density at radius 3 is 2.48 bits per heavy atom. The number of aryl methyl sites for hydroxylation is 1. The largest absolute Gasteiger partial charge is 0.271 e. The van der Waals surface area contributed by atoms with Crippen LogP contribution in [0.5, 0.6) is 0 Å². The van der Waals surface area contributed by atoms with Crippen molar-refractivity contribution in [2.45, 2.75) is 44.1 Å². The minimum atomic E-state index is 0.0749. The van der Waals surface area contributed by atoms with E-state index in [4.69, 9.17) is 5.84 Å². The van der Waals surface area contributed by atoms with Crippen LogP contribution in [0.3, 0.4) is 0 Å². The van der Waals surface area contributed by atoms with Crippen molar-refractivity contribution < 1.29 is 0 Å². The summed E-state index contributed by atoms with van der Waals surface area (Å²) >= 11 is 0. The number of nitrogens with one attached hydrogen (secondary N) is 1. The van der Waals surface area contributed by atoms with Crippen LogP contribution in [0.1, 0.15) is 48.4 Å². The number of rotatable bonds is 4. The normalized spacial score (nSPS) is 18.6. The zero-order chi connectivity index (χ0) is 14.7. The molecule has 3 heteroatoms. The molecule has 1 aliphatic carbocycles. The number of hydrogen-bond acceptors (Lipinski definition) is 3. The topological polar surface area (TPSA) is 50.9 Å². The van der Waals surface area contributed by atoms with E-state index in [1.165, 1.54) is 42.4 Å². The molecule has 1 aromatic heterocycles. The molecule has 1 heterocycles. The molecule has 110 valence electrons. The fourth-order valence-electron chi connectivity index (χ4n) is 3.83. The molecule has 1 saturated carbocycles. The van der Waals surface area contributed by atoms with E-state index in [9.17, 15) is 0 Å². The van der Waals surface area contributed by atoms with Gasteiger partial charge < -0.3 is 0 Å². The van der Waals surface area contributed by atoms with Crippen LogP contribution in [0, 0.1) is 6.92 Å². The molecule has 1 fully saturated rings. The molecular weight excluding hydrogens is 258 g/mol. The van der Waals surface area contributed by atoms with Crippen molar-refractivity contribution in [1.82, 2.24) is 10.4 Å². The van der Waals surface area contributed by atoms with E-state index in [0.29, 0.717) is 0 Å². The molecule has 0 spiro atoms. The van der Waals surface area contributed by atoms with E-state index in [1.807, 2.05) is 12.4 Å². The molecule has 3 nitrogen and oxygen atoms in total. The number of benzene rings is 1. The Morgan fingerprint density at radius 1 is 1.14 bits per heavy atom. The second-order valence-electron chi connectivity index (χ2n) is 6.12. The Labute approximate surface area is 126 Å². The van der Waals surface area contributed by atoms with Crippen LogP contribution in [-0.2, 0) is 5.41 Å². The number of nitrogens with two attached hydrogens (primary N) is 1. The first-order valence-corrected chi connectivity index (χ1v) is 7.69. The lowest BCUT2D eigenvalue weighted by atomic mass is 9.71. The molecule has 1 unspecified atom stereocenters. The highest BCUT2D eigenvalue weighted by Gasteiger charge is 2.43. The van der Waals surface area contributed by atoms with Gasteiger partial charge in [-0.25, -0.2) is 0 Å². The molecule has 1 aliphatic rings. The van der Waals surface area contributed by atoms with E-state index in [0.717, 1.165) is 0 Å². The Bertz CT molecular complexity index is 588.